The van der Waals surface area contributed by atoms with E-state index in [9.17, 15) is 29.4 Å². The normalized spacial score (nSPS) is 12.0. The molecule has 0 radical (unpaired) electrons. The van der Waals surface area contributed by atoms with Crippen molar-refractivity contribution in [1.82, 2.24) is 58.4 Å². The van der Waals surface area contributed by atoms with Crippen LogP contribution in [0.1, 0.15) is 266 Å². The fraction of sp³-hybridized carbons (Fsp3) is 0.556. The molecule has 0 atom stereocenters. The molecule has 0 saturated carbocycles. The zero-order valence-corrected chi connectivity index (χ0v) is 53.4. The van der Waals surface area contributed by atoms with Crippen molar-refractivity contribution in [3.8, 4) is 0 Å². The van der Waals surface area contributed by atoms with Crippen LogP contribution in [0.4, 0.5) is 0 Å². The van der Waals surface area contributed by atoms with Crippen molar-refractivity contribution in [3.63, 3.8) is 0 Å². The molecule has 0 aromatic carbocycles. The van der Waals surface area contributed by atoms with E-state index in [-0.39, 0.29) is 57.6 Å². The number of aromatic carboxylic acids is 2. The largest absolute Gasteiger partial charge is 0.478 e. The first-order valence-corrected chi connectivity index (χ1v) is 28.9. The number of carboxylic acid groups (broad SMARTS) is 2. The van der Waals surface area contributed by atoms with Crippen LogP contribution >= 0.6 is 0 Å². The number of carboxylic acids is 2. The minimum Gasteiger partial charge on any atom is -0.478 e. The van der Waals surface area contributed by atoms with Crippen molar-refractivity contribution in [2.75, 3.05) is 13.2 Å². The summed E-state index contributed by atoms with van der Waals surface area (Å²) in [6.45, 7) is 47.6. The summed E-state index contributed by atoms with van der Waals surface area (Å²) in [6.07, 6.45) is 9.71. The van der Waals surface area contributed by atoms with Crippen LogP contribution in [-0.2, 0) is 33.1 Å². The van der Waals surface area contributed by atoms with Gasteiger partial charge in [-0.1, -0.05) is 125 Å². The van der Waals surface area contributed by atoms with Gasteiger partial charge in [-0.3, -0.25) is 0 Å². The van der Waals surface area contributed by atoms with Crippen LogP contribution in [0.5, 0.6) is 0 Å². The Hall–Kier alpha value is -7.64. The van der Waals surface area contributed by atoms with Crippen LogP contribution in [0.25, 0.3) is 22.6 Å². The van der Waals surface area contributed by atoms with Gasteiger partial charge in [-0.2, -0.15) is 20.4 Å². The summed E-state index contributed by atoms with van der Waals surface area (Å²) in [5.41, 5.74) is 14.5. The highest BCUT2D eigenvalue weighted by Gasteiger charge is 2.29. The number of hydrogen-bond donors (Lipinski definition) is 2. The Morgan fingerprint density at radius 2 is 0.783 bits per heavy atom. The standard InChI is InChI=1S/C17H25N3O2.C16H23N3O2.2C15H21N3O2/c1-7-22-17(21)13-9-18-20-14(8-10(2)3)12(6)19-16(20)15(13)11(4)5;1-7-21-15(20)11-8-18-19-12(16(4,5)6)9-17-14(19)13(11)10(2)3;1-8(2)11-10(14(19)20)7-16-18-12(15(4,5)6)9(3)17-13(11)18;1-8(2)6-12-10(5)17-14-13(9(3)4)11(15(19)20)7-16-18(12)14/h9-11H,7-8H2,1-6H3;8-10H,7H2,1-6H3;7-8H,1-6H3,(H,19,20);7-9H,6H2,1-5H3,(H,19,20). The van der Waals surface area contributed by atoms with Gasteiger partial charge in [0.25, 0.3) is 0 Å². The van der Waals surface area contributed by atoms with E-state index in [0.29, 0.717) is 47.5 Å². The van der Waals surface area contributed by atoms with Gasteiger partial charge in [0.05, 0.1) is 106 Å². The summed E-state index contributed by atoms with van der Waals surface area (Å²) >= 11 is 0. The van der Waals surface area contributed by atoms with Gasteiger partial charge in [-0.05, 0) is 83.0 Å². The van der Waals surface area contributed by atoms with Crippen LogP contribution in [0, 0.1) is 32.6 Å². The van der Waals surface area contributed by atoms with Crippen molar-refractivity contribution >= 4 is 46.5 Å². The Kier molecular flexibility index (Phi) is 21.3. The van der Waals surface area contributed by atoms with Crippen LogP contribution in [0.2, 0.25) is 0 Å². The first-order chi connectivity index (χ1) is 38.6. The summed E-state index contributed by atoms with van der Waals surface area (Å²) in [7, 11) is 0. The van der Waals surface area contributed by atoms with E-state index in [0.717, 1.165) is 86.2 Å². The van der Waals surface area contributed by atoms with Crippen LogP contribution in [0.3, 0.4) is 0 Å². The third kappa shape index (κ3) is 14.6. The van der Waals surface area contributed by atoms with E-state index in [1.807, 2.05) is 77.5 Å². The van der Waals surface area contributed by atoms with Crippen LogP contribution < -0.4 is 0 Å². The molecule has 8 aromatic heterocycles. The van der Waals surface area contributed by atoms with Gasteiger partial charge in [0, 0.05) is 33.1 Å². The smallest absolute Gasteiger partial charge is 0.340 e. The van der Waals surface area contributed by atoms with Crippen molar-refractivity contribution in [2.24, 2.45) is 11.8 Å². The van der Waals surface area contributed by atoms with Crippen LogP contribution in [0.15, 0.2) is 31.0 Å². The number of ether oxygens (including phenoxy) is 2. The van der Waals surface area contributed by atoms with Gasteiger partial charge < -0.3 is 19.7 Å². The molecule has 0 aliphatic rings. The second-order valence-electron chi connectivity index (χ2n) is 25.2. The fourth-order valence-electron chi connectivity index (χ4n) is 10.3. The SMILES string of the molecule is CCOC(=O)c1cnn2c(C(C)(C)C)cnc2c1C(C)C.CCOC(=O)c1cnn2c(CC(C)C)c(C)nc2c1C(C)C.Cc1nc2c(C(C)C)c(C(=O)O)cnn2c1C(C)(C)C.Cc1nc2c(C(C)C)c(C(=O)O)cnn2c1CC(C)C. The van der Waals surface area contributed by atoms with Gasteiger partial charge >= 0.3 is 23.9 Å². The van der Waals surface area contributed by atoms with Gasteiger partial charge in [-0.25, -0.2) is 57.2 Å². The molecule has 2 N–H and O–H groups in total. The Morgan fingerprint density at radius 3 is 1.12 bits per heavy atom. The summed E-state index contributed by atoms with van der Waals surface area (Å²) < 4.78 is 17.6. The molecule has 8 aromatic rings. The first-order valence-electron chi connectivity index (χ1n) is 28.9. The highest BCUT2D eigenvalue weighted by Crippen LogP contribution is 2.33. The molecule has 83 heavy (non-hydrogen) atoms. The third-order valence-electron chi connectivity index (χ3n) is 13.8. The molecule has 0 saturated heterocycles. The number of carbonyl (C=O) groups excluding carboxylic acids is 2. The van der Waals surface area contributed by atoms with Crippen molar-refractivity contribution in [1.29, 1.82) is 0 Å². The average Bonchev–Trinajstić information content (AvgIpc) is 2.80. The second kappa shape index (κ2) is 26.7. The van der Waals surface area contributed by atoms with Crippen LogP contribution in [-0.4, -0.2) is 106 Å². The van der Waals surface area contributed by atoms with E-state index in [1.165, 1.54) is 12.4 Å². The quantitative estimate of drug-likeness (QED) is 0.0961. The molecule has 0 unspecified atom stereocenters. The summed E-state index contributed by atoms with van der Waals surface area (Å²) in [6, 6.07) is 0. The molecule has 0 bridgehead atoms. The van der Waals surface area contributed by atoms with Gasteiger partial charge in [0.15, 0.2) is 22.6 Å². The number of aryl methyl sites for hydroxylation is 3. The number of fused-ring (bicyclic) bond motifs is 4. The zero-order valence-electron chi connectivity index (χ0n) is 53.4. The lowest BCUT2D eigenvalue weighted by Crippen LogP contribution is -2.18. The number of imidazole rings is 4. The van der Waals surface area contributed by atoms with E-state index in [2.05, 4.69) is 123 Å². The predicted molar refractivity (Wildman–Crippen MR) is 323 cm³/mol. The summed E-state index contributed by atoms with van der Waals surface area (Å²) in [5.74, 6) is -1.07. The van der Waals surface area contributed by atoms with Crippen molar-refractivity contribution in [3.05, 3.63) is 115 Å². The Labute approximate surface area is 488 Å². The third-order valence-corrected chi connectivity index (χ3v) is 13.8. The highest BCUT2D eigenvalue weighted by atomic mass is 16.5. The minimum atomic E-state index is -0.957. The number of aromatic nitrogens is 12. The average molecular weight is 1140 g/mol. The summed E-state index contributed by atoms with van der Waals surface area (Å²) in [4.78, 5) is 65.4. The molecule has 0 fully saturated rings. The molecule has 0 aliphatic carbocycles. The highest BCUT2D eigenvalue weighted by molar-refractivity contribution is 5.94. The Balaban J connectivity index is 0.000000203. The molecule has 20 nitrogen and oxygen atoms in total. The molecule has 8 rings (SSSR count). The van der Waals surface area contributed by atoms with Crippen molar-refractivity contribution in [2.45, 2.75) is 207 Å². The number of hydrogen-bond acceptors (Lipinski definition) is 14. The van der Waals surface area contributed by atoms with E-state index < -0.39 is 11.9 Å². The van der Waals surface area contributed by atoms with Crippen molar-refractivity contribution < 1.29 is 38.9 Å². The molecule has 8 heterocycles. The predicted octanol–water partition coefficient (Wildman–Crippen LogP) is 13.1. The lowest BCUT2D eigenvalue weighted by Gasteiger charge is -2.19. The number of esters is 2. The maximum absolute atomic E-state index is 12.2. The number of rotatable bonds is 14. The topological polar surface area (TPSA) is 248 Å². The Morgan fingerprint density at radius 1 is 0.458 bits per heavy atom. The molecule has 0 aliphatic heterocycles. The lowest BCUT2D eigenvalue weighted by atomic mass is 9.91. The molecule has 0 spiro atoms. The Bertz CT molecular complexity index is 3640. The van der Waals surface area contributed by atoms with Gasteiger partial charge in [-0.15, -0.1) is 0 Å². The van der Waals surface area contributed by atoms with E-state index in [4.69, 9.17) is 9.47 Å². The monoisotopic (exact) mass is 1140 g/mol. The lowest BCUT2D eigenvalue weighted by molar-refractivity contribution is 0.0514. The molecular formula is C63H90N12O8. The maximum Gasteiger partial charge on any atom is 0.340 e. The summed E-state index contributed by atoms with van der Waals surface area (Å²) in [5, 5.41) is 36.1. The van der Waals surface area contributed by atoms with E-state index in [1.54, 1.807) is 35.3 Å². The first kappa shape index (κ1) is 66.2. The number of nitrogens with zero attached hydrogens (tertiary/aromatic N) is 12. The van der Waals surface area contributed by atoms with E-state index >= 15 is 0 Å². The second-order valence-corrected chi connectivity index (χ2v) is 25.2. The molecule has 20 heteroatoms. The van der Waals surface area contributed by atoms with Gasteiger partial charge in [0.1, 0.15) is 0 Å². The minimum absolute atomic E-state index is 0.0634. The zero-order chi connectivity index (χ0) is 62.5. The fourth-order valence-corrected chi connectivity index (χ4v) is 10.3. The number of carbonyl (C=O) groups is 4. The van der Waals surface area contributed by atoms with Gasteiger partial charge in [0.2, 0.25) is 0 Å². The molecule has 0 amide bonds. The molecule has 450 valence electrons. The maximum atomic E-state index is 12.2. The molecular weight excluding hydrogens is 1050 g/mol.